The van der Waals surface area contributed by atoms with E-state index in [1.54, 1.807) is 0 Å². The zero-order chi connectivity index (χ0) is 20.9. The van der Waals surface area contributed by atoms with Gasteiger partial charge in [0.25, 0.3) is 0 Å². The number of aliphatic hydroxyl groups is 1. The van der Waals surface area contributed by atoms with Crippen molar-refractivity contribution in [3.8, 4) is 0 Å². The van der Waals surface area contributed by atoms with E-state index < -0.39 is 52.6 Å². The van der Waals surface area contributed by atoms with Crippen molar-refractivity contribution in [2.24, 2.45) is 34.0 Å². The number of rotatable bonds is 1. The number of allylic oxidation sites excluding steroid dienone is 1. The lowest BCUT2D eigenvalue weighted by Crippen LogP contribution is -2.70. The van der Waals surface area contributed by atoms with Crippen LogP contribution in [0.1, 0.15) is 46.5 Å². The SMILES string of the molecule is C=C1C(=O)C23CC1CCC2C12CO[C@H](O)[C@H]1C(C)(C)[C@H](OC(C)=O)C[C@H]2OC3=O. The fraction of sp³-hybridized carbons (Fsp3) is 0.773. The minimum absolute atomic E-state index is 0.0235. The molecule has 8 atom stereocenters. The molecule has 2 saturated heterocycles. The Morgan fingerprint density at radius 3 is 2.69 bits per heavy atom. The fourth-order valence-corrected chi connectivity index (χ4v) is 7.60. The van der Waals surface area contributed by atoms with Crippen LogP contribution in [0.3, 0.4) is 0 Å². The summed E-state index contributed by atoms with van der Waals surface area (Å²) in [7, 11) is 0. The average molecular weight is 404 g/mol. The van der Waals surface area contributed by atoms with E-state index in [1.807, 2.05) is 13.8 Å². The third kappa shape index (κ3) is 2.08. The summed E-state index contributed by atoms with van der Waals surface area (Å²) in [5.74, 6) is -1.76. The van der Waals surface area contributed by atoms with E-state index in [1.165, 1.54) is 6.92 Å². The second-order valence-electron chi connectivity index (χ2n) is 10.2. The minimum atomic E-state index is -1.22. The number of fused-ring (bicyclic) bond motifs is 1. The lowest BCUT2D eigenvalue weighted by atomic mass is 9.43. The lowest BCUT2D eigenvalue weighted by molar-refractivity contribution is -0.256. The van der Waals surface area contributed by atoms with Gasteiger partial charge in [-0.1, -0.05) is 20.4 Å². The van der Waals surface area contributed by atoms with Crippen molar-refractivity contribution < 1.29 is 33.7 Å². The number of carbonyl (C=O) groups is 3. The molecule has 5 fully saturated rings. The molecule has 0 aromatic carbocycles. The van der Waals surface area contributed by atoms with Gasteiger partial charge in [0.1, 0.15) is 17.6 Å². The molecule has 1 N–H and O–H groups in total. The zero-order valence-corrected chi connectivity index (χ0v) is 17.1. The van der Waals surface area contributed by atoms with Crippen LogP contribution in [-0.2, 0) is 28.6 Å². The molecule has 7 heteroatoms. The third-order valence-electron chi connectivity index (χ3n) is 8.75. The van der Waals surface area contributed by atoms with Crippen molar-refractivity contribution in [3.63, 3.8) is 0 Å². The summed E-state index contributed by atoms with van der Waals surface area (Å²) < 4.78 is 17.4. The summed E-state index contributed by atoms with van der Waals surface area (Å²) in [6.45, 7) is 9.48. The molecule has 5 rings (SSSR count). The molecule has 0 amide bonds. The third-order valence-corrected chi connectivity index (χ3v) is 8.75. The predicted octanol–water partition coefficient (Wildman–Crippen LogP) is 1.77. The monoisotopic (exact) mass is 404 g/mol. The minimum Gasteiger partial charge on any atom is -0.462 e. The molecule has 0 radical (unpaired) electrons. The summed E-state index contributed by atoms with van der Waals surface area (Å²) in [6, 6.07) is 0. The predicted molar refractivity (Wildman–Crippen MR) is 99.1 cm³/mol. The molecule has 3 aliphatic carbocycles. The van der Waals surface area contributed by atoms with Crippen LogP contribution in [0.15, 0.2) is 12.2 Å². The Labute approximate surface area is 169 Å². The normalized spacial score (nSPS) is 49.7. The Bertz CT molecular complexity index is 831. The Kier molecular flexibility index (Phi) is 3.78. The van der Waals surface area contributed by atoms with Gasteiger partial charge in [-0.3, -0.25) is 14.4 Å². The largest absolute Gasteiger partial charge is 0.462 e. The number of Topliss-reactive ketones (excluding diaryl/α,β-unsaturated/α-hetero) is 1. The van der Waals surface area contributed by atoms with Gasteiger partial charge in [0.05, 0.1) is 6.61 Å². The second kappa shape index (κ2) is 5.70. The summed E-state index contributed by atoms with van der Waals surface area (Å²) in [5.41, 5.74) is -1.98. The smallest absolute Gasteiger partial charge is 0.320 e. The molecule has 0 aromatic heterocycles. The van der Waals surface area contributed by atoms with Crippen LogP contribution in [0.2, 0.25) is 0 Å². The first-order valence-corrected chi connectivity index (χ1v) is 10.5. The number of carbonyl (C=O) groups excluding carboxylic acids is 3. The lowest BCUT2D eigenvalue weighted by Gasteiger charge is -2.62. The fourth-order valence-electron chi connectivity index (χ4n) is 7.60. The van der Waals surface area contributed by atoms with Crippen molar-refractivity contribution in [2.45, 2.75) is 65.0 Å². The van der Waals surface area contributed by atoms with Crippen LogP contribution in [0.25, 0.3) is 0 Å². The molecule has 5 aliphatic rings. The van der Waals surface area contributed by atoms with Gasteiger partial charge in [0, 0.05) is 30.1 Å². The quantitative estimate of drug-likeness (QED) is 0.404. The molecule has 2 heterocycles. The highest BCUT2D eigenvalue weighted by Crippen LogP contribution is 2.71. The van der Waals surface area contributed by atoms with Gasteiger partial charge >= 0.3 is 11.9 Å². The molecule has 158 valence electrons. The van der Waals surface area contributed by atoms with Gasteiger partial charge in [-0.15, -0.1) is 0 Å². The van der Waals surface area contributed by atoms with E-state index in [0.29, 0.717) is 24.8 Å². The van der Waals surface area contributed by atoms with Crippen LogP contribution < -0.4 is 0 Å². The molecule has 3 saturated carbocycles. The first kappa shape index (κ1) is 19.2. The van der Waals surface area contributed by atoms with Crippen molar-refractivity contribution in [3.05, 3.63) is 12.2 Å². The molecule has 0 aromatic rings. The van der Waals surface area contributed by atoms with E-state index in [2.05, 4.69) is 6.58 Å². The number of hydrogen-bond donors (Lipinski definition) is 1. The molecular weight excluding hydrogens is 376 g/mol. The summed E-state index contributed by atoms with van der Waals surface area (Å²) in [5, 5.41) is 10.9. The summed E-state index contributed by atoms with van der Waals surface area (Å²) in [4.78, 5) is 38.3. The second-order valence-corrected chi connectivity index (χ2v) is 10.2. The Hall–Kier alpha value is -1.73. The van der Waals surface area contributed by atoms with Crippen LogP contribution in [0.4, 0.5) is 0 Å². The van der Waals surface area contributed by atoms with E-state index >= 15 is 0 Å². The van der Waals surface area contributed by atoms with Gasteiger partial charge in [-0.25, -0.2) is 0 Å². The van der Waals surface area contributed by atoms with Crippen LogP contribution in [-0.4, -0.2) is 47.9 Å². The molecule has 4 unspecified atom stereocenters. The zero-order valence-electron chi connectivity index (χ0n) is 17.1. The molecule has 2 aliphatic heterocycles. The first-order chi connectivity index (χ1) is 13.6. The molecule has 2 spiro atoms. The van der Waals surface area contributed by atoms with Gasteiger partial charge in [-0.05, 0) is 36.7 Å². The molecule has 2 bridgehead atoms. The molecular formula is C22H28O7. The van der Waals surface area contributed by atoms with Crippen molar-refractivity contribution in [1.29, 1.82) is 0 Å². The Balaban J connectivity index is 1.66. The van der Waals surface area contributed by atoms with Gasteiger partial charge < -0.3 is 19.3 Å². The summed E-state index contributed by atoms with van der Waals surface area (Å²) >= 11 is 0. The van der Waals surface area contributed by atoms with Gasteiger partial charge in [0.2, 0.25) is 0 Å². The van der Waals surface area contributed by atoms with E-state index in [0.717, 1.165) is 6.42 Å². The Morgan fingerprint density at radius 2 is 2.00 bits per heavy atom. The first-order valence-electron chi connectivity index (χ1n) is 10.5. The molecule has 7 nitrogen and oxygen atoms in total. The van der Waals surface area contributed by atoms with Crippen molar-refractivity contribution in [2.75, 3.05) is 6.61 Å². The Morgan fingerprint density at radius 1 is 1.28 bits per heavy atom. The van der Waals surface area contributed by atoms with Crippen molar-refractivity contribution >= 4 is 17.7 Å². The topological polar surface area (TPSA) is 99.1 Å². The molecule has 29 heavy (non-hydrogen) atoms. The van der Waals surface area contributed by atoms with Crippen LogP contribution in [0, 0.1) is 34.0 Å². The van der Waals surface area contributed by atoms with Gasteiger partial charge in [0.15, 0.2) is 12.1 Å². The van der Waals surface area contributed by atoms with E-state index in [9.17, 15) is 19.5 Å². The van der Waals surface area contributed by atoms with Crippen LogP contribution in [0.5, 0.6) is 0 Å². The number of esters is 2. The van der Waals surface area contributed by atoms with Gasteiger partial charge in [-0.2, -0.15) is 0 Å². The standard InChI is InChI=1S/C22H28O7/c1-10-12-5-6-13-21(8-12,17(10)24)19(26)29-15-7-14(28-11(2)23)20(3,4)16-18(25)27-9-22(13,15)16/h12-16,18,25H,1,5-9H2,2-4H3/t12?,13?,14-,15-,16+,18+,21?,22?/m1/s1. The number of aliphatic hydroxyl groups excluding tert-OH is 1. The van der Waals surface area contributed by atoms with Crippen molar-refractivity contribution in [1.82, 2.24) is 0 Å². The maximum atomic E-state index is 13.3. The highest BCUT2D eigenvalue weighted by atomic mass is 16.6. The highest BCUT2D eigenvalue weighted by molar-refractivity contribution is 6.15. The van der Waals surface area contributed by atoms with E-state index in [-0.39, 0.29) is 24.2 Å². The summed E-state index contributed by atoms with van der Waals surface area (Å²) in [6.07, 6.45) is 0.125. The van der Waals surface area contributed by atoms with Crippen LogP contribution >= 0.6 is 0 Å². The highest BCUT2D eigenvalue weighted by Gasteiger charge is 2.78. The number of hydrogen-bond acceptors (Lipinski definition) is 7. The average Bonchev–Trinajstić information content (AvgIpc) is 3.09. The van der Waals surface area contributed by atoms with E-state index in [4.69, 9.17) is 14.2 Å². The maximum absolute atomic E-state index is 13.3. The number of ketones is 1. The number of ether oxygens (including phenoxy) is 3. The maximum Gasteiger partial charge on any atom is 0.320 e.